The Balaban J connectivity index is 2.13. The summed E-state index contributed by atoms with van der Waals surface area (Å²) >= 11 is 2.19. The molecule has 2 aromatic rings. The van der Waals surface area contributed by atoms with Crippen molar-refractivity contribution in [2.24, 2.45) is 0 Å². The molecule has 0 radical (unpaired) electrons. The van der Waals surface area contributed by atoms with Gasteiger partial charge in [-0.1, -0.05) is 27.7 Å². The van der Waals surface area contributed by atoms with E-state index in [4.69, 9.17) is 15.2 Å². The number of amides is 1. The zero-order valence-electron chi connectivity index (χ0n) is 18.1. The zero-order chi connectivity index (χ0) is 22.3. The maximum atomic E-state index is 12.1. The van der Waals surface area contributed by atoms with Gasteiger partial charge in [-0.3, -0.25) is 10.1 Å². The van der Waals surface area contributed by atoms with Gasteiger partial charge in [0, 0.05) is 11.6 Å². The first-order chi connectivity index (χ1) is 14.3. The van der Waals surface area contributed by atoms with Crippen LogP contribution in [-0.2, 0) is 4.79 Å². The first-order valence-corrected chi connectivity index (χ1v) is 11.1. The molecule has 0 unspecified atom stereocenters. The van der Waals surface area contributed by atoms with E-state index in [-0.39, 0.29) is 30.1 Å². The summed E-state index contributed by atoms with van der Waals surface area (Å²) in [6.45, 7) is 8.49. The van der Waals surface area contributed by atoms with Crippen molar-refractivity contribution in [2.75, 3.05) is 24.7 Å². The van der Waals surface area contributed by atoms with Crippen molar-refractivity contribution in [3.8, 4) is 17.2 Å². The highest BCUT2D eigenvalue weighted by atomic mass is 127. The quantitative estimate of drug-likeness (QED) is 0.395. The minimum Gasteiger partial charge on any atom is -0.496 e. The van der Waals surface area contributed by atoms with Gasteiger partial charge in [0.1, 0.15) is 11.5 Å². The number of aromatic nitrogens is 2. The molecule has 0 aliphatic heterocycles. The Morgan fingerprint density at radius 2 is 1.90 bits per heavy atom. The Morgan fingerprint density at radius 3 is 2.47 bits per heavy atom. The second-order valence-corrected chi connectivity index (χ2v) is 8.33. The van der Waals surface area contributed by atoms with E-state index in [1.54, 1.807) is 7.11 Å². The van der Waals surface area contributed by atoms with E-state index in [0.29, 0.717) is 17.5 Å². The number of carbonyl (C=O) groups excluding carboxylic acids is 1. The molecule has 0 fully saturated rings. The second-order valence-electron chi connectivity index (χ2n) is 7.17. The zero-order valence-corrected chi connectivity index (χ0v) is 20.2. The predicted molar refractivity (Wildman–Crippen MR) is 127 cm³/mol. The van der Waals surface area contributed by atoms with Gasteiger partial charge in [-0.25, -0.2) is 4.98 Å². The fraction of sp³-hybridized carbons (Fsp3) is 0.476. The maximum absolute atomic E-state index is 12.1. The number of hydrogen-bond acceptors (Lipinski definition) is 7. The summed E-state index contributed by atoms with van der Waals surface area (Å²) in [6.07, 6.45) is 3.39. The number of anilines is 2. The third-order valence-electron chi connectivity index (χ3n) is 4.70. The van der Waals surface area contributed by atoms with Crippen molar-refractivity contribution >= 4 is 40.3 Å². The number of methoxy groups -OCH3 is 1. The number of nitrogens with zero attached hydrogens (tertiary/aromatic N) is 2. The van der Waals surface area contributed by atoms with Crippen molar-refractivity contribution < 1.29 is 14.3 Å². The molecular formula is C21H30IN5O3. The molecule has 0 saturated heterocycles. The minimum atomic E-state index is -0.221. The summed E-state index contributed by atoms with van der Waals surface area (Å²) in [5, 5.41) is 5.85. The lowest BCUT2D eigenvalue weighted by molar-refractivity contribution is -0.115. The molecule has 30 heavy (non-hydrogen) atoms. The number of carbonyl (C=O) groups is 1. The number of halogens is 1. The SMILES string of the molecule is CCC(CC)NCC(=O)Nc1ncc(Oc2cc(I)c(OC)cc2C(C)C)c(N)n1. The van der Waals surface area contributed by atoms with Gasteiger partial charge in [0.25, 0.3) is 0 Å². The van der Waals surface area contributed by atoms with E-state index in [2.05, 4.69) is 70.9 Å². The minimum absolute atomic E-state index is 0.143. The van der Waals surface area contributed by atoms with Gasteiger partial charge in [0.15, 0.2) is 11.6 Å². The monoisotopic (exact) mass is 527 g/mol. The summed E-state index contributed by atoms with van der Waals surface area (Å²) in [7, 11) is 1.64. The summed E-state index contributed by atoms with van der Waals surface area (Å²) in [5.74, 6) is 2.06. The van der Waals surface area contributed by atoms with Crippen LogP contribution in [0.2, 0.25) is 0 Å². The van der Waals surface area contributed by atoms with Gasteiger partial charge < -0.3 is 20.5 Å². The average molecular weight is 527 g/mol. The molecule has 8 nitrogen and oxygen atoms in total. The lowest BCUT2D eigenvalue weighted by Gasteiger charge is -2.17. The van der Waals surface area contributed by atoms with Crippen LogP contribution < -0.4 is 25.8 Å². The molecule has 1 aromatic carbocycles. The van der Waals surface area contributed by atoms with Crippen LogP contribution in [0.3, 0.4) is 0 Å². The molecule has 4 N–H and O–H groups in total. The summed E-state index contributed by atoms with van der Waals surface area (Å²) < 4.78 is 12.3. The lowest BCUT2D eigenvalue weighted by atomic mass is 10.0. The molecule has 2 rings (SSSR count). The predicted octanol–water partition coefficient (Wildman–Crippen LogP) is 4.30. The van der Waals surface area contributed by atoms with Crippen molar-refractivity contribution in [3.05, 3.63) is 27.5 Å². The summed E-state index contributed by atoms with van der Waals surface area (Å²) in [5.41, 5.74) is 7.04. The lowest BCUT2D eigenvalue weighted by Crippen LogP contribution is -2.35. The van der Waals surface area contributed by atoms with Crippen LogP contribution in [-0.4, -0.2) is 35.6 Å². The van der Waals surface area contributed by atoms with Crippen LogP contribution in [0.25, 0.3) is 0 Å². The van der Waals surface area contributed by atoms with Gasteiger partial charge in [-0.05, 0) is 53.5 Å². The van der Waals surface area contributed by atoms with E-state index >= 15 is 0 Å². The molecule has 0 atom stereocenters. The Kier molecular flexibility index (Phi) is 9.09. The van der Waals surface area contributed by atoms with Crippen LogP contribution in [0, 0.1) is 3.57 Å². The highest BCUT2D eigenvalue weighted by molar-refractivity contribution is 14.1. The third kappa shape index (κ3) is 6.43. The fourth-order valence-electron chi connectivity index (χ4n) is 2.87. The van der Waals surface area contributed by atoms with E-state index in [9.17, 15) is 4.79 Å². The highest BCUT2D eigenvalue weighted by Gasteiger charge is 2.16. The topological polar surface area (TPSA) is 111 Å². The Bertz CT molecular complexity index is 872. The molecule has 1 heterocycles. The first-order valence-electron chi connectivity index (χ1n) is 9.99. The molecule has 9 heteroatoms. The largest absolute Gasteiger partial charge is 0.496 e. The van der Waals surface area contributed by atoms with E-state index in [1.807, 2.05) is 12.1 Å². The van der Waals surface area contributed by atoms with E-state index in [0.717, 1.165) is 27.7 Å². The maximum Gasteiger partial charge on any atom is 0.240 e. The summed E-state index contributed by atoms with van der Waals surface area (Å²) in [6, 6.07) is 4.16. The second kappa shape index (κ2) is 11.3. The van der Waals surface area contributed by atoms with Gasteiger partial charge in [-0.15, -0.1) is 0 Å². The van der Waals surface area contributed by atoms with Crippen LogP contribution >= 0.6 is 22.6 Å². The Hall–Kier alpha value is -2.14. The number of ether oxygens (including phenoxy) is 2. The molecule has 0 aliphatic rings. The smallest absolute Gasteiger partial charge is 0.240 e. The highest BCUT2D eigenvalue weighted by Crippen LogP contribution is 2.37. The van der Waals surface area contributed by atoms with Crippen LogP contribution in [0.1, 0.15) is 52.0 Å². The first kappa shape index (κ1) is 24.1. The van der Waals surface area contributed by atoms with Crippen molar-refractivity contribution in [1.29, 1.82) is 0 Å². The molecule has 1 aromatic heterocycles. The summed E-state index contributed by atoms with van der Waals surface area (Å²) in [4.78, 5) is 20.4. The molecule has 0 spiro atoms. The number of rotatable bonds is 10. The fourth-order valence-corrected chi connectivity index (χ4v) is 3.53. The molecular weight excluding hydrogens is 497 g/mol. The van der Waals surface area contributed by atoms with Gasteiger partial charge in [0.05, 0.1) is 23.4 Å². The molecule has 0 saturated carbocycles. The van der Waals surface area contributed by atoms with Crippen LogP contribution in [0.5, 0.6) is 17.2 Å². The molecule has 1 amide bonds. The number of hydrogen-bond donors (Lipinski definition) is 3. The molecule has 0 aliphatic carbocycles. The van der Waals surface area contributed by atoms with E-state index < -0.39 is 0 Å². The van der Waals surface area contributed by atoms with Gasteiger partial charge in [0.2, 0.25) is 11.9 Å². The van der Waals surface area contributed by atoms with Crippen LogP contribution in [0.4, 0.5) is 11.8 Å². The Morgan fingerprint density at radius 1 is 1.20 bits per heavy atom. The molecule has 164 valence electrons. The van der Waals surface area contributed by atoms with Crippen molar-refractivity contribution in [1.82, 2.24) is 15.3 Å². The third-order valence-corrected chi connectivity index (χ3v) is 5.54. The number of nitrogens with two attached hydrogens (primary N) is 1. The number of nitrogens with one attached hydrogen (secondary N) is 2. The normalized spacial score (nSPS) is 11.1. The molecule has 0 bridgehead atoms. The average Bonchev–Trinajstić information content (AvgIpc) is 2.70. The van der Waals surface area contributed by atoms with Gasteiger partial charge >= 0.3 is 0 Å². The van der Waals surface area contributed by atoms with E-state index in [1.165, 1.54) is 6.20 Å². The van der Waals surface area contributed by atoms with Crippen molar-refractivity contribution in [2.45, 2.75) is 52.5 Å². The standard InChI is InChI=1S/C21H30IN5O3/c1-6-13(7-2)24-11-19(28)26-21-25-10-18(20(23)27-21)30-16-9-15(22)17(29-5)8-14(16)12(3)4/h8-10,12-13,24H,6-7,11H2,1-5H3,(H3,23,25,26,27,28). The van der Waals surface area contributed by atoms with Crippen LogP contribution in [0.15, 0.2) is 18.3 Å². The van der Waals surface area contributed by atoms with Gasteiger partial charge in [-0.2, -0.15) is 4.98 Å². The van der Waals surface area contributed by atoms with Crippen molar-refractivity contribution in [3.63, 3.8) is 0 Å². The number of nitrogen functional groups attached to an aromatic ring is 1. The Labute approximate surface area is 191 Å². The number of benzene rings is 1.